The number of hydrogen-bond acceptors (Lipinski definition) is 8. The molecule has 1 fully saturated rings. The predicted octanol–water partition coefficient (Wildman–Crippen LogP) is 2.41. The Morgan fingerprint density at radius 3 is 2.09 bits per heavy atom. The number of nitrogens with zero attached hydrogens (tertiary/aromatic N) is 2. The molecule has 13 nitrogen and oxygen atoms in total. The first-order valence-electron chi connectivity index (χ1n) is 14.5. The first-order valence-corrected chi connectivity index (χ1v) is 14.5. The summed E-state index contributed by atoms with van der Waals surface area (Å²) in [5, 5.41) is 49.3. The minimum Gasteiger partial charge on any atom is -0.496 e. The zero-order valence-electron chi connectivity index (χ0n) is 25.6. The molecule has 6 N–H and O–H groups in total. The number of aliphatic hydroxyl groups is 2. The van der Waals surface area contributed by atoms with Crippen LogP contribution < -0.4 is 10.1 Å². The minimum atomic E-state index is -2.74. The molecule has 0 unspecified atom stereocenters. The molecule has 4 rings (SSSR count). The Morgan fingerprint density at radius 2 is 1.53 bits per heavy atom. The Labute approximate surface area is 260 Å². The van der Waals surface area contributed by atoms with Crippen molar-refractivity contribution in [1.82, 2.24) is 14.8 Å². The van der Waals surface area contributed by atoms with Crippen LogP contribution in [0.3, 0.4) is 0 Å². The zero-order valence-corrected chi connectivity index (χ0v) is 25.6. The van der Waals surface area contributed by atoms with Crippen LogP contribution in [0.1, 0.15) is 50.7 Å². The molecule has 0 atom stereocenters. The lowest BCUT2D eigenvalue weighted by atomic mass is 9.84. The van der Waals surface area contributed by atoms with Crippen molar-refractivity contribution in [2.45, 2.75) is 69.9 Å². The van der Waals surface area contributed by atoms with E-state index < -0.39 is 42.0 Å². The number of aliphatic carboxylic acids is 3. The fourth-order valence-corrected chi connectivity index (χ4v) is 5.44. The second kappa shape index (κ2) is 15.0. The van der Waals surface area contributed by atoms with Gasteiger partial charge in [-0.05, 0) is 44.4 Å². The van der Waals surface area contributed by atoms with Gasteiger partial charge in [-0.1, -0.05) is 36.4 Å². The summed E-state index contributed by atoms with van der Waals surface area (Å²) in [4.78, 5) is 45.2. The fraction of sp³-hybridized carbons (Fsp3) is 0.438. The Morgan fingerprint density at radius 1 is 0.956 bits per heavy atom. The minimum absolute atomic E-state index is 0.0205. The van der Waals surface area contributed by atoms with E-state index in [9.17, 15) is 24.3 Å². The van der Waals surface area contributed by atoms with E-state index in [0.29, 0.717) is 19.4 Å². The number of methoxy groups -OCH3 is 1. The van der Waals surface area contributed by atoms with Crippen molar-refractivity contribution in [2.75, 3.05) is 20.2 Å². The maximum atomic E-state index is 12.3. The number of amides is 1. The molecule has 1 amide bonds. The fourth-order valence-electron chi connectivity index (χ4n) is 5.44. The number of carboxylic acids is 3. The van der Waals surface area contributed by atoms with Gasteiger partial charge in [-0.3, -0.25) is 19.3 Å². The molecular weight excluding hydrogens is 586 g/mol. The molecule has 0 spiro atoms. The van der Waals surface area contributed by atoms with Gasteiger partial charge in [-0.2, -0.15) is 0 Å². The third-order valence-electron chi connectivity index (χ3n) is 7.61. The van der Waals surface area contributed by atoms with E-state index in [-0.39, 0.29) is 11.9 Å². The maximum absolute atomic E-state index is 12.3. The average molecular weight is 628 g/mol. The van der Waals surface area contributed by atoms with Gasteiger partial charge in [0.1, 0.15) is 12.3 Å². The summed E-state index contributed by atoms with van der Waals surface area (Å²) >= 11 is 0. The number of hydrogen-bond donors (Lipinski definition) is 6. The summed E-state index contributed by atoms with van der Waals surface area (Å²) in [5.41, 5.74) is -0.455. The number of carbonyl (C=O) groups is 4. The van der Waals surface area contributed by atoms with E-state index >= 15 is 0 Å². The van der Waals surface area contributed by atoms with Crippen molar-refractivity contribution >= 4 is 34.7 Å². The summed E-state index contributed by atoms with van der Waals surface area (Å²) in [6.07, 6.45) is 1.13. The number of likely N-dealkylation sites (tertiary alicyclic amines) is 1. The number of carbonyl (C=O) groups excluding carboxylic acids is 1. The lowest BCUT2D eigenvalue weighted by Crippen LogP contribution is -2.42. The monoisotopic (exact) mass is 627 g/mol. The van der Waals surface area contributed by atoms with E-state index in [4.69, 9.17) is 25.2 Å². The van der Waals surface area contributed by atoms with Gasteiger partial charge in [-0.25, -0.2) is 4.79 Å². The number of aromatic nitrogens is 1. The number of rotatable bonds is 12. The number of ether oxygens (including phenoxy) is 1. The van der Waals surface area contributed by atoms with Crippen LogP contribution in [0.5, 0.6) is 5.75 Å². The van der Waals surface area contributed by atoms with Crippen LogP contribution in [0.15, 0.2) is 54.7 Å². The molecular formula is C32H41N3O10. The zero-order chi connectivity index (χ0) is 33.4. The number of benzene rings is 2. The van der Waals surface area contributed by atoms with Crippen molar-refractivity contribution in [3.63, 3.8) is 0 Å². The molecule has 1 saturated heterocycles. The van der Waals surface area contributed by atoms with Gasteiger partial charge in [0.05, 0.1) is 25.6 Å². The van der Waals surface area contributed by atoms with Crippen molar-refractivity contribution in [3.05, 3.63) is 65.9 Å². The maximum Gasteiger partial charge on any atom is 0.336 e. The highest BCUT2D eigenvalue weighted by atomic mass is 16.5. The molecule has 1 aliphatic heterocycles. The molecule has 0 aliphatic carbocycles. The highest BCUT2D eigenvalue weighted by molar-refractivity contribution is 5.88. The molecule has 0 radical (unpaired) electrons. The third-order valence-corrected chi connectivity index (χ3v) is 7.61. The van der Waals surface area contributed by atoms with Crippen molar-refractivity contribution in [2.24, 2.45) is 0 Å². The van der Waals surface area contributed by atoms with Crippen molar-refractivity contribution in [3.8, 4) is 5.75 Å². The molecule has 1 aromatic heterocycles. The Kier molecular flexibility index (Phi) is 11.7. The number of carboxylic acid groups (broad SMARTS) is 3. The van der Waals surface area contributed by atoms with Crippen LogP contribution >= 0.6 is 0 Å². The molecule has 2 heterocycles. The van der Waals surface area contributed by atoms with E-state index in [1.807, 2.05) is 54.8 Å². The summed E-state index contributed by atoms with van der Waals surface area (Å²) < 4.78 is 7.52. The highest BCUT2D eigenvalue weighted by Crippen LogP contribution is 2.38. The normalized spacial score (nSPS) is 14.8. The lowest BCUT2D eigenvalue weighted by Gasteiger charge is -2.39. The first kappa shape index (κ1) is 35.0. The molecule has 3 aromatic rings. The van der Waals surface area contributed by atoms with E-state index in [1.165, 1.54) is 10.9 Å². The smallest absolute Gasteiger partial charge is 0.336 e. The predicted molar refractivity (Wildman–Crippen MR) is 164 cm³/mol. The first-order chi connectivity index (χ1) is 21.2. The van der Waals surface area contributed by atoms with Gasteiger partial charge in [0.15, 0.2) is 5.60 Å². The molecule has 244 valence electrons. The Hall–Kier alpha value is -4.46. The summed E-state index contributed by atoms with van der Waals surface area (Å²) in [7, 11) is 1.65. The van der Waals surface area contributed by atoms with E-state index in [0.717, 1.165) is 36.5 Å². The second-order valence-electron chi connectivity index (χ2n) is 11.5. The highest BCUT2D eigenvalue weighted by Gasteiger charge is 2.41. The van der Waals surface area contributed by atoms with Crippen LogP contribution in [0, 0.1) is 0 Å². The van der Waals surface area contributed by atoms with Gasteiger partial charge in [0, 0.05) is 48.3 Å². The second-order valence-corrected chi connectivity index (χ2v) is 11.5. The summed E-state index contributed by atoms with van der Waals surface area (Å²) in [6, 6.07) is 16.1. The van der Waals surface area contributed by atoms with Crippen LogP contribution in [-0.4, -0.2) is 90.7 Å². The SMILES string of the molecule is COc1ccccc1C1(O)CCN(Cc2cn(CC(=O)NC(C)C)c3ccccc23)CC1.O=C(O)CC(O)(CC(=O)O)C(=O)O. The number of nitrogens with one attached hydrogen (secondary N) is 1. The quantitative estimate of drug-likeness (QED) is 0.172. The molecule has 2 aromatic carbocycles. The summed E-state index contributed by atoms with van der Waals surface area (Å²) in [5.74, 6) is -4.26. The average Bonchev–Trinajstić information content (AvgIpc) is 3.30. The van der Waals surface area contributed by atoms with Gasteiger partial charge in [0.2, 0.25) is 5.91 Å². The van der Waals surface area contributed by atoms with Crippen LogP contribution in [0.25, 0.3) is 10.9 Å². The summed E-state index contributed by atoms with van der Waals surface area (Å²) in [6.45, 7) is 6.64. The van der Waals surface area contributed by atoms with Crippen molar-refractivity contribution < 1.29 is 49.4 Å². The number of para-hydroxylation sites is 2. The standard InChI is InChI=1S/C26H33N3O3.C6H8O7/c1-19(2)27-25(30)18-29-17-20(21-8-4-6-10-23(21)29)16-28-14-12-26(31,13-15-28)22-9-5-7-11-24(22)32-3;7-3(8)1-6(13,5(11)12)2-4(9)10/h4-11,17,19,31H,12-16,18H2,1-3H3,(H,27,30);13H,1-2H2,(H,7,8)(H,9,10)(H,11,12). The third kappa shape index (κ3) is 9.27. The van der Waals surface area contributed by atoms with Crippen LogP contribution in [-0.2, 0) is 37.9 Å². The molecule has 1 aliphatic rings. The molecule has 0 saturated carbocycles. The van der Waals surface area contributed by atoms with Crippen LogP contribution in [0.4, 0.5) is 0 Å². The number of fused-ring (bicyclic) bond motifs is 1. The molecule has 45 heavy (non-hydrogen) atoms. The molecule has 13 heteroatoms. The van der Waals surface area contributed by atoms with Gasteiger partial charge < -0.3 is 40.2 Å². The lowest BCUT2D eigenvalue weighted by molar-refractivity contribution is -0.170. The van der Waals surface area contributed by atoms with Gasteiger partial charge in [0.25, 0.3) is 0 Å². The topological polar surface area (TPSA) is 199 Å². The number of piperidine rings is 1. The van der Waals surface area contributed by atoms with E-state index in [1.54, 1.807) is 7.11 Å². The van der Waals surface area contributed by atoms with Gasteiger partial charge in [-0.15, -0.1) is 0 Å². The van der Waals surface area contributed by atoms with E-state index in [2.05, 4.69) is 28.5 Å². The Bertz CT molecular complexity index is 1490. The molecule has 0 bridgehead atoms. The van der Waals surface area contributed by atoms with Crippen LogP contribution in [0.2, 0.25) is 0 Å². The van der Waals surface area contributed by atoms with Gasteiger partial charge >= 0.3 is 17.9 Å². The Balaban J connectivity index is 0.000000360. The van der Waals surface area contributed by atoms with Crippen molar-refractivity contribution in [1.29, 1.82) is 0 Å². The largest absolute Gasteiger partial charge is 0.496 e.